The molecule has 0 spiro atoms. The van der Waals surface area contributed by atoms with Gasteiger partial charge < -0.3 is 9.47 Å². The molecular formula is C17H18O3. The van der Waals surface area contributed by atoms with Gasteiger partial charge in [-0.2, -0.15) is 0 Å². The Morgan fingerprint density at radius 2 is 1.90 bits per heavy atom. The van der Waals surface area contributed by atoms with Crippen LogP contribution in [0.5, 0.6) is 11.5 Å². The number of hydrogen-bond donors (Lipinski definition) is 0. The van der Waals surface area contributed by atoms with Gasteiger partial charge in [0.1, 0.15) is 11.5 Å². The molecule has 0 N–H and O–H groups in total. The maximum Gasteiger partial charge on any atom is 0.200 e. The van der Waals surface area contributed by atoms with Crippen LogP contribution in [0.25, 0.3) is 0 Å². The summed E-state index contributed by atoms with van der Waals surface area (Å²) >= 11 is 0. The van der Waals surface area contributed by atoms with Crippen molar-refractivity contribution in [3.05, 3.63) is 59.2 Å². The molecule has 0 saturated carbocycles. The number of carbonyl (C=O) groups is 1. The maximum atomic E-state index is 12.1. The van der Waals surface area contributed by atoms with Crippen molar-refractivity contribution in [2.75, 3.05) is 13.7 Å². The van der Waals surface area contributed by atoms with Crippen LogP contribution in [-0.4, -0.2) is 19.5 Å². The van der Waals surface area contributed by atoms with Crippen LogP contribution in [0.3, 0.4) is 0 Å². The topological polar surface area (TPSA) is 35.5 Å². The molecule has 104 valence electrons. The minimum atomic E-state index is -0.0659. The number of Topliss-reactive ketones (excluding diaryl/α,β-unsaturated/α-hetero) is 1. The molecule has 0 atom stereocenters. The van der Waals surface area contributed by atoms with E-state index >= 15 is 0 Å². The molecule has 3 heteroatoms. The van der Waals surface area contributed by atoms with Gasteiger partial charge in [0.15, 0.2) is 12.4 Å². The summed E-state index contributed by atoms with van der Waals surface area (Å²) < 4.78 is 10.7. The highest BCUT2D eigenvalue weighted by atomic mass is 16.5. The van der Waals surface area contributed by atoms with Gasteiger partial charge in [-0.05, 0) is 37.6 Å². The van der Waals surface area contributed by atoms with Crippen LogP contribution in [-0.2, 0) is 0 Å². The fourth-order valence-corrected chi connectivity index (χ4v) is 1.98. The minimum Gasteiger partial charge on any atom is -0.497 e. The van der Waals surface area contributed by atoms with E-state index < -0.39 is 0 Å². The summed E-state index contributed by atoms with van der Waals surface area (Å²) in [6.07, 6.45) is 0. The first-order chi connectivity index (χ1) is 9.60. The molecule has 2 aromatic carbocycles. The second kappa shape index (κ2) is 6.24. The average molecular weight is 270 g/mol. The first-order valence-electron chi connectivity index (χ1n) is 6.47. The highest BCUT2D eigenvalue weighted by Gasteiger charge is 2.09. The minimum absolute atomic E-state index is 0.0249. The van der Waals surface area contributed by atoms with E-state index in [0.717, 1.165) is 11.3 Å². The normalized spacial score (nSPS) is 10.2. The van der Waals surface area contributed by atoms with Crippen molar-refractivity contribution < 1.29 is 14.3 Å². The zero-order valence-electron chi connectivity index (χ0n) is 12.0. The monoisotopic (exact) mass is 270 g/mol. The van der Waals surface area contributed by atoms with Gasteiger partial charge in [-0.25, -0.2) is 0 Å². The molecule has 3 nitrogen and oxygen atoms in total. The number of hydrogen-bond acceptors (Lipinski definition) is 3. The molecule has 0 heterocycles. The Kier molecular flexibility index (Phi) is 4.41. The lowest BCUT2D eigenvalue weighted by molar-refractivity contribution is 0.0921. The molecule has 2 rings (SSSR count). The Labute approximate surface area is 119 Å². The molecule has 0 amide bonds. The molecule has 0 bridgehead atoms. The Hall–Kier alpha value is -2.29. The fraction of sp³-hybridized carbons (Fsp3) is 0.235. The molecule has 0 unspecified atom stereocenters. The fourth-order valence-electron chi connectivity index (χ4n) is 1.98. The number of ether oxygens (including phenoxy) is 2. The van der Waals surface area contributed by atoms with E-state index in [1.807, 2.05) is 38.1 Å². The van der Waals surface area contributed by atoms with Gasteiger partial charge in [-0.1, -0.05) is 29.8 Å². The van der Waals surface area contributed by atoms with Gasteiger partial charge in [0.05, 0.1) is 7.11 Å². The van der Waals surface area contributed by atoms with Crippen molar-refractivity contribution in [2.45, 2.75) is 13.8 Å². The highest BCUT2D eigenvalue weighted by molar-refractivity contribution is 5.97. The zero-order valence-corrected chi connectivity index (χ0v) is 12.0. The first kappa shape index (κ1) is 14.1. The summed E-state index contributed by atoms with van der Waals surface area (Å²) in [7, 11) is 1.58. The first-order valence-corrected chi connectivity index (χ1v) is 6.47. The maximum absolute atomic E-state index is 12.1. The van der Waals surface area contributed by atoms with E-state index in [0.29, 0.717) is 11.3 Å². The predicted octanol–water partition coefficient (Wildman–Crippen LogP) is 3.57. The van der Waals surface area contributed by atoms with Gasteiger partial charge in [0, 0.05) is 5.56 Å². The molecule has 0 aromatic heterocycles. The van der Waals surface area contributed by atoms with E-state index in [1.165, 1.54) is 5.56 Å². The number of rotatable bonds is 5. The van der Waals surface area contributed by atoms with Crippen molar-refractivity contribution >= 4 is 5.78 Å². The van der Waals surface area contributed by atoms with Crippen molar-refractivity contribution in [1.29, 1.82) is 0 Å². The number of carbonyl (C=O) groups excluding carboxylic acids is 1. The summed E-state index contributed by atoms with van der Waals surface area (Å²) in [5.41, 5.74) is 2.80. The number of ketones is 1. The van der Waals surface area contributed by atoms with Crippen molar-refractivity contribution in [3.63, 3.8) is 0 Å². The molecule has 0 aliphatic rings. The smallest absolute Gasteiger partial charge is 0.200 e. The van der Waals surface area contributed by atoms with Crippen LogP contribution < -0.4 is 9.47 Å². The van der Waals surface area contributed by atoms with Crippen LogP contribution in [0.2, 0.25) is 0 Å². The van der Waals surface area contributed by atoms with Gasteiger partial charge in [0.25, 0.3) is 0 Å². The molecule has 0 aliphatic heterocycles. The number of benzene rings is 2. The lowest BCUT2D eigenvalue weighted by atomic mass is 10.1. The van der Waals surface area contributed by atoms with Crippen molar-refractivity contribution in [2.24, 2.45) is 0 Å². The number of aryl methyl sites for hydroxylation is 2. The molecule has 0 fully saturated rings. The Bertz CT molecular complexity index is 617. The second-order valence-electron chi connectivity index (χ2n) is 4.71. The predicted molar refractivity (Wildman–Crippen MR) is 78.7 cm³/mol. The van der Waals surface area contributed by atoms with E-state index in [9.17, 15) is 4.79 Å². The lowest BCUT2D eigenvalue weighted by Crippen LogP contribution is -2.12. The van der Waals surface area contributed by atoms with E-state index in [2.05, 4.69) is 0 Å². The summed E-state index contributed by atoms with van der Waals surface area (Å²) in [6, 6.07) is 13.0. The molecule has 20 heavy (non-hydrogen) atoms. The van der Waals surface area contributed by atoms with Gasteiger partial charge in [0.2, 0.25) is 0 Å². The van der Waals surface area contributed by atoms with Gasteiger partial charge in [-0.3, -0.25) is 4.79 Å². The standard InChI is InChI=1S/C17H18O3/c1-12-7-8-17(13(2)9-12)20-11-16(18)14-5-4-6-15(10-14)19-3/h4-10H,11H2,1-3H3. The SMILES string of the molecule is COc1cccc(C(=O)COc2ccc(C)cc2C)c1. The molecule has 0 aliphatic carbocycles. The Morgan fingerprint density at radius 1 is 1.10 bits per heavy atom. The summed E-state index contributed by atoms with van der Waals surface area (Å²) in [5.74, 6) is 1.35. The third-order valence-corrected chi connectivity index (χ3v) is 3.08. The summed E-state index contributed by atoms with van der Waals surface area (Å²) in [4.78, 5) is 12.1. The van der Waals surface area contributed by atoms with E-state index in [4.69, 9.17) is 9.47 Å². The molecule has 0 saturated heterocycles. The van der Waals surface area contributed by atoms with Crippen molar-refractivity contribution in [3.8, 4) is 11.5 Å². The summed E-state index contributed by atoms with van der Waals surface area (Å²) in [5, 5.41) is 0. The quantitative estimate of drug-likeness (QED) is 0.779. The highest BCUT2D eigenvalue weighted by Crippen LogP contribution is 2.19. The molecule has 2 aromatic rings. The average Bonchev–Trinajstić information content (AvgIpc) is 2.46. The third-order valence-electron chi connectivity index (χ3n) is 3.08. The molecule has 0 radical (unpaired) electrons. The Morgan fingerprint density at radius 3 is 2.60 bits per heavy atom. The van der Waals surface area contributed by atoms with E-state index in [1.54, 1.807) is 25.3 Å². The molecular weight excluding hydrogens is 252 g/mol. The van der Waals surface area contributed by atoms with Gasteiger partial charge in [-0.15, -0.1) is 0 Å². The van der Waals surface area contributed by atoms with Gasteiger partial charge >= 0.3 is 0 Å². The Balaban J connectivity index is 2.04. The van der Waals surface area contributed by atoms with Crippen LogP contribution in [0.4, 0.5) is 0 Å². The van der Waals surface area contributed by atoms with E-state index in [-0.39, 0.29) is 12.4 Å². The lowest BCUT2D eigenvalue weighted by Gasteiger charge is -2.09. The van der Waals surface area contributed by atoms with Crippen LogP contribution in [0, 0.1) is 13.8 Å². The second-order valence-corrected chi connectivity index (χ2v) is 4.71. The summed E-state index contributed by atoms with van der Waals surface area (Å²) in [6.45, 7) is 4.02. The largest absolute Gasteiger partial charge is 0.497 e. The van der Waals surface area contributed by atoms with Crippen LogP contribution in [0.15, 0.2) is 42.5 Å². The van der Waals surface area contributed by atoms with Crippen molar-refractivity contribution in [1.82, 2.24) is 0 Å². The third kappa shape index (κ3) is 3.38. The van der Waals surface area contributed by atoms with Crippen LogP contribution in [0.1, 0.15) is 21.5 Å². The zero-order chi connectivity index (χ0) is 14.5. The van der Waals surface area contributed by atoms with Crippen LogP contribution >= 0.6 is 0 Å². The number of methoxy groups -OCH3 is 1.